The van der Waals surface area contributed by atoms with Gasteiger partial charge in [0.05, 0.1) is 0 Å². The molecule has 288 valence electrons. The second kappa shape index (κ2) is 75.5. The van der Waals surface area contributed by atoms with Gasteiger partial charge in [-0.25, -0.2) is 0 Å². The fraction of sp³-hybridized carbons (Fsp3) is 0.870. The molecule has 1 heterocycles. The van der Waals surface area contributed by atoms with E-state index in [0.717, 1.165) is 13.2 Å². The highest BCUT2D eigenvalue weighted by molar-refractivity contribution is 4.88. The van der Waals surface area contributed by atoms with E-state index in [4.69, 9.17) is 4.74 Å². The Labute approximate surface area is 303 Å². The van der Waals surface area contributed by atoms with Crippen LogP contribution in [0.4, 0.5) is 0 Å². The van der Waals surface area contributed by atoms with E-state index in [-0.39, 0.29) is 0 Å². The molecule has 0 radical (unpaired) electrons. The summed E-state index contributed by atoms with van der Waals surface area (Å²) < 4.78 is 5.07. The molecule has 0 bridgehead atoms. The molecule has 2 rings (SSSR count). The molecule has 0 amide bonds. The first-order valence-electron chi connectivity index (χ1n) is 21.5. The Kier molecular flexibility index (Phi) is 93.8. The second-order valence-electron chi connectivity index (χ2n) is 12.6. The zero-order valence-corrected chi connectivity index (χ0v) is 35.7. The van der Waals surface area contributed by atoms with Gasteiger partial charge < -0.3 is 4.74 Å². The van der Waals surface area contributed by atoms with Crippen LogP contribution < -0.4 is 0 Å². The molecule has 1 nitrogen and oxygen atoms in total. The summed E-state index contributed by atoms with van der Waals surface area (Å²) in [6, 6.07) is 0. The highest BCUT2D eigenvalue weighted by Gasteiger charge is 1.95. The predicted molar refractivity (Wildman–Crippen MR) is 226 cm³/mol. The molecule has 0 unspecified atom stereocenters. The normalized spacial score (nSPS) is 12.5. The summed E-state index contributed by atoms with van der Waals surface area (Å²) in [5.41, 5.74) is 0. The molecule has 1 aliphatic heterocycles. The maximum absolute atomic E-state index is 5.07. The number of rotatable bonds is 16. The molecule has 1 aliphatic carbocycles. The van der Waals surface area contributed by atoms with Gasteiger partial charge in [0.15, 0.2) is 0 Å². The van der Waals surface area contributed by atoms with Gasteiger partial charge in [0.25, 0.3) is 0 Å². The van der Waals surface area contributed by atoms with Gasteiger partial charge in [0, 0.05) is 13.2 Å². The van der Waals surface area contributed by atoms with Gasteiger partial charge in [-0.15, -0.1) is 0 Å². The molecule has 1 saturated heterocycles. The van der Waals surface area contributed by atoms with E-state index in [9.17, 15) is 0 Å². The van der Waals surface area contributed by atoms with E-state index in [1.54, 1.807) is 0 Å². The molecule has 0 aromatic rings. The van der Waals surface area contributed by atoms with Crippen LogP contribution in [0.5, 0.6) is 0 Å². The lowest BCUT2D eigenvalue weighted by atomic mass is 10.2. The molecule has 2 aliphatic rings. The summed E-state index contributed by atoms with van der Waals surface area (Å²) in [5.74, 6) is 0. The third kappa shape index (κ3) is 106. The highest BCUT2D eigenvalue weighted by Crippen LogP contribution is 2.05. The third-order valence-corrected chi connectivity index (χ3v) is 7.17. The van der Waals surface area contributed by atoms with E-state index in [0.29, 0.717) is 0 Å². The molecule has 1 heteroatoms. The van der Waals surface area contributed by atoms with Gasteiger partial charge in [-0.2, -0.15) is 0 Å². The summed E-state index contributed by atoms with van der Waals surface area (Å²) >= 11 is 0. The lowest BCUT2D eigenvalue weighted by Crippen LogP contribution is -2.03. The highest BCUT2D eigenvalue weighted by atomic mass is 16.5. The van der Waals surface area contributed by atoms with Crippen molar-refractivity contribution in [3.05, 3.63) is 36.5 Å². The molecule has 0 N–H and O–H groups in total. The maximum Gasteiger partial charge on any atom is 0.0466 e. The molecule has 0 spiro atoms. The van der Waals surface area contributed by atoms with Gasteiger partial charge >= 0.3 is 0 Å². The Morgan fingerprint density at radius 2 is 0.851 bits per heavy atom. The van der Waals surface area contributed by atoms with E-state index in [1.807, 2.05) is 0 Å². The summed E-state index contributed by atoms with van der Waals surface area (Å²) in [6.45, 7) is 28.4. The number of hydrogen-bond acceptors (Lipinski definition) is 1. The van der Waals surface area contributed by atoms with Gasteiger partial charge in [-0.1, -0.05) is 222 Å². The molecule has 1 fully saturated rings. The Bertz CT molecular complexity index is 442. The zero-order valence-electron chi connectivity index (χ0n) is 35.7. The largest absolute Gasteiger partial charge is 0.381 e. The van der Waals surface area contributed by atoms with E-state index in [2.05, 4.69) is 120 Å². The molecular formula is C46H98O. The quantitative estimate of drug-likeness (QED) is 0.118. The Morgan fingerprint density at radius 1 is 0.404 bits per heavy atom. The van der Waals surface area contributed by atoms with Gasteiger partial charge in [-0.3, -0.25) is 0 Å². The summed E-state index contributed by atoms with van der Waals surface area (Å²) in [7, 11) is 0. The smallest absolute Gasteiger partial charge is 0.0466 e. The van der Waals surface area contributed by atoms with Crippen LogP contribution in [0.1, 0.15) is 250 Å². The van der Waals surface area contributed by atoms with Crippen molar-refractivity contribution < 1.29 is 4.74 Å². The van der Waals surface area contributed by atoms with Crippen LogP contribution in [0.15, 0.2) is 36.5 Å². The number of hydrogen-bond donors (Lipinski definition) is 0. The van der Waals surface area contributed by atoms with Crippen molar-refractivity contribution in [1.82, 2.24) is 0 Å². The molecule has 0 aromatic carbocycles. The summed E-state index contributed by atoms with van der Waals surface area (Å²) in [6.07, 6.45) is 48.1. The predicted octanol–water partition coefficient (Wildman–Crippen LogP) is 18.0. The Morgan fingerprint density at radius 3 is 1.09 bits per heavy atom. The first-order valence-corrected chi connectivity index (χ1v) is 21.5. The van der Waals surface area contributed by atoms with Crippen molar-refractivity contribution in [2.45, 2.75) is 250 Å². The fourth-order valence-corrected chi connectivity index (χ4v) is 3.75. The molecular weight excluding hydrogens is 569 g/mol. The van der Waals surface area contributed by atoms with Crippen molar-refractivity contribution >= 4 is 0 Å². The minimum absolute atomic E-state index is 1.00. The van der Waals surface area contributed by atoms with Crippen molar-refractivity contribution in [2.24, 2.45) is 0 Å². The average Bonchev–Trinajstić information content (AvgIpc) is 3.72. The third-order valence-electron chi connectivity index (χ3n) is 7.17. The Hall–Kier alpha value is -0.820. The summed E-state index contributed by atoms with van der Waals surface area (Å²) in [5, 5.41) is 0. The van der Waals surface area contributed by atoms with Crippen LogP contribution in [0.3, 0.4) is 0 Å². The lowest BCUT2D eigenvalue weighted by Gasteiger charge is -2.08. The maximum atomic E-state index is 5.07. The lowest BCUT2D eigenvalue weighted by molar-refractivity contribution is 0.0968. The van der Waals surface area contributed by atoms with Crippen LogP contribution >= 0.6 is 0 Å². The van der Waals surface area contributed by atoms with Crippen molar-refractivity contribution in [3.8, 4) is 0 Å². The number of ether oxygens (including phenoxy) is 1. The molecule has 0 atom stereocenters. The van der Waals surface area contributed by atoms with Gasteiger partial charge in [0.2, 0.25) is 0 Å². The van der Waals surface area contributed by atoms with Crippen molar-refractivity contribution in [3.63, 3.8) is 0 Å². The second-order valence-corrected chi connectivity index (χ2v) is 12.6. The van der Waals surface area contributed by atoms with Crippen LogP contribution in [0.25, 0.3) is 0 Å². The monoisotopic (exact) mass is 667 g/mol. The molecule has 0 aromatic heterocycles. The van der Waals surface area contributed by atoms with Gasteiger partial charge in [-0.05, 0) is 64.7 Å². The van der Waals surface area contributed by atoms with E-state index in [1.165, 1.54) is 167 Å². The van der Waals surface area contributed by atoms with Crippen molar-refractivity contribution in [1.29, 1.82) is 0 Å². The number of allylic oxidation sites excluding steroid dienone is 6. The van der Waals surface area contributed by atoms with Crippen molar-refractivity contribution in [2.75, 3.05) is 13.2 Å². The topological polar surface area (TPSA) is 9.23 Å². The zero-order chi connectivity index (χ0) is 36.7. The average molecular weight is 667 g/mol. The van der Waals surface area contributed by atoms with E-state index >= 15 is 0 Å². The number of unbranched alkanes of at least 4 members (excludes halogenated alkanes) is 13. The van der Waals surface area contributed by atoms with Crippen LogP contribution in [0, 0.1) is 0 Å². The summed E-state index contributed by atoms with van der Waals surface area (Å²) in [4.78, 5) is 0. The molecule has 47 heavy (non-hydrogen) atoms. The first kappa shape index (κ1) is 58.4. The first-order chi connectivity index (χ1) is 23.0. The Balaban J connectivity index is -0.000000103. The SMILES string of the molecule is C/C=C\CCCC.C1=CCCC1.C1CCOCC1.CC/C=C\CCC.CCCC.CCCCC.CCCCCC.CCCCCCC. The molecule has 0 saturated carbocycles. The minimum Gasteiger partial charge on any atom is -0.381 e. The fourth-order valence-electron chi connectivity index (χ4n) is 3.75. The van der Waals surface area contributed by atoms with Gasteiger partial charge in [0.1, 0.15) is 0 Å². The van der Waals surface area contributed by atoms with Crippen LogP contribution in [-0.2, 0) is 4.74 Å². The van der Waals surface area contributed by atoms with E-state index < -0.39 is 0 Å². The van der Waals surface area contributed by atoms with Crippen LogP contribution in [0.2, 0.25) is 0 Å². The van der Waals surface area contributed by atoms with Crippen LogP contribution in [-0.4, -0.2) is 13.2 Å². The standard InChI is InChI=1S/C7H16.2C7H14.C6H14.C5H10O.C5H8.C5H12.C4H10/c3*1-3-5-7-6-4-2;1-3-5-6-4-2;1-2-4-6-5-3-1;1-2-4-5-3-1;1-3-5-4-2;1-3-4-2/h3-7H2,1-2H3;5,7H,3-4,6H2,1-2H3;3,5H,4,6-7H2,1-2H3;3-6H2,1-2H3;1-5H2;1-2H,3-5H2;3-5H2,1-2H3;3-4H2,1-2H3/b;7-5-;5-3-;;;;;. The minimum atomic E-state index is 1.00.